The lowest BCUT2D eigenvalue weighted by molar-refractivity contribution is -0.133. The van der Waals surface area contributed by atoms with Crippen LogP contribution in [0.4, 0.5) is 0 Å². The molecule has 154 valence electrons. The molecule has 0 N–H and O–H groups in total. The zero-order valence-corrected chi connectivity index (χ0v) is 17.9. The Hall–Kier alpha value is -2.53. The van der Waals surface area contributed by atoms with Crippen LogP contribution in [0.5, 0.6) is 5.75 Å². The van der Waals surface area contributed by atoms with Gasteiger partial charge in [-0.25, -0.2) is 0 Å². The molecule has 1 saturated carbocycles. The molecule has 1 aliphatic rings. The Morgan fingerprint density at radius 2 is 2.00 bits per heavy atom. The van der Waals surface area contributed by atoms with Gasteiger partial charge in [-0.15, -0.1) is 10.2 Å². The Kier molecular flexibility index (Phi) is 6.80. The fourth-order valence-corrected chi connectivity index (χ4v) is 4.36. The number of ether oxygens (including phenoxy) is 1. The number of aromatic nitrogens is 2. The predicted octanol–water partition coefficient (Wildman–Crippen LogP) is 4.30. The summed E-state index contributed by atoms with van der Waals surface area (Å²) >= 11 is 1.21. The number of thioether (sulfide) groups is 1. The van der Waals surface area contributed by atoms with Crippen molar-refractivity contribution >= 4 is 17.7 Å². The van der Waals surface area contributed by atoms with Crippen LogP contribution < -0.4 is 4.74 Å². The molecule has 0 spiro atoms. The summed E-state index contributed by atoms with van der Waals surface area (Å²) in [4.78, 5) is 14.6. The van der Waals surface area contributed by atoms with Crippen LogP contribution in [-0.2, 0) is 4.79 Å². The molecule has 0 bridgehead atoms. The van der Waals surface area contributed by atoms with E-state index in [0.29, 0.717) is 17.7 Å². The summed E-state index contributed by atoms with van der Waals surface area (Å²) in [6.45, 7) is 4.34. The lowest BCUT2D eigenvalue weighted by atomic mass is 9.81. The first-order valence-corrected chi connectivity index (χ1v) is 10.8. The molecule has 0 unspecified atom stereocenters. The van der Waals surface area contributed by atoms with Crippen LogP contribution in [-0.4, -0.2) is 45.4 Å². The molecule has 8 heteroatoms. The summed E-state index contributed by atoms with van der Waals surface area (Å²) in [5.41, 5.74) is 0.0847. The number of benzene rings is 1. The molecule has 1 aliphatic carbocycles. The topological polar surface area (TPSA) is 92.3 Å². The fourth-order valence-electron chi connectivity index (χ4n) is 3.58. The third-order valence-corrected chi connectivity index (χ3v) is 6.23. The number of nitrogens with zero attached hydrogens (tertiary/aromatic N) is 4. The van der Waals surface area contributed by atoms with Gasteiger partial charge in [0.15, 0.2) is 0 Å². The van der Waals surface area contributed by atoms with E-state index in [1.54, 1.807) is 18.9 Å². The minimum atomic E-state index is -0.702. The molecular formula is C21H26N4O3S. The number of hydrogen-bond acceptors (Lipinski definition) is 7. The van der Waals surface area contributed by atoms with Crippen LogP contribution in [0, 0.1) is 11.3 Å². The fraction of sp³-hybridized carbons (Fsp3) is 0.524. The van der Waals surface area contributed by atoms with Crippen molar-refractivity contribution in [3.63, 3.8) is 0 Å². The summed E-state index contributed by atoms with van der Waals surface area (Å²) < 4.78 is 11.2. The van der Waals surface area contributed by atoms with Gasteiger partial charge in [-0.05, 0) is 51.0 Å². The van der Waals surface area contributed by atoms with Crippen molar-refractivity contribution < 1.29 is 13.9 Å². The first kappa shape index (κ1) is 21.2. The van der Waals surface area contributed by atoms with E-state index in [9.17, 15) is 10.1 Å². The van der Waals surface area contributed by atoms with Crippen molar-refractivity contribution in [2.75, 3.05) is 13.7 Å². The largest absolute Gasteiger partial charge is 0.494 e. The van der Waals surface area contributed by atoms with Crippen molar-refractivity contribution in [3.8, 4) is 23.3 Å². The Bertz CT molecular complexity index is 869. The molecule has 1 atom stereocenters. The third kappa shape index (κ3) is 4.73. The molecule has 1 heterocycles. The second kappa shape index (κ2) is 9.31. The van der Waals surface area contributed by atoms with Crippen molar-refractivity contribution in [1.29, 1.82) is 5.26 Å². The summed E-state index contributed by atoms with van der Waals surface area (Å²) in [5, 5.41) is 17.8. The summed E-state index contributed by atoms with van der Waals surface area (Å²) in [7, 11) is 1.73. The molecule has 1 aromatic heterocycles. The first-order chi connectivity index (χ1) is 14.0. The van der Waals surface area contributed by atoms with E-state index in [1.165, 1.54) is 11.8 Å². The zero-order valence-electron chi connectivity index (χ0n) is 17.1. The van der Waals surface area contributed by atoms with Crippen LogP contribution in [0.25, 0.3) is 11.5 Å². The quantitative estimate of drug-likeness (QED) is 0.624. The number of amides is 1. The van der Waals surface area contributed by atoms with E-state index in [0.717, 1.165) is 43.4 Å². The highest BCUT2D eigenvalue weighted by Gasteiger charge is 2.40. The number of hydrogen-bond donors (Lipinski definition) is 0. The molecule has 1 amide bonds. The maximum absolute atomic E-state index is 12.9. The van der Waals surface area contributed by atoms with Gasteiger partial charge in [0.25, 0.3) is 5.22 Å². The third-order valence-electron chi connectivity index (χ3n) is 5.31. The Morgan fingerprint density at radius 3 is 2.62 bits per heavy atom. The summed E-state index contributed by atoms with van der Waals surface area (Å²) in [5.74, 6) is 1.07. The van der Waals surface area contributed by atoms with Gasteiger partial charge in [0.2, 0.25) is 11.8 Å². The van der Waals surface area contributed by atoms with E-state index < -0.39 is 10.8 Å². The molecule has 0 radical (unpaired) electrons. The van der Waals surface area contributed by atoms with E-state index in [2.05, 4.69) is 16.3 Å². The number of carbonyl (C=O) groups is 1. The highest BCUT2D eigenvalue weighted by Crippen LogP contribution is 2.35. The van der Waals surface area contributed by atoms with Crippen molar-refractivity contribution in [3.05, 3.63) is 24.3 Å². The lowest BCUT2D eigenvalue weighted by Gasteiger charge is -2.39. The number of rotatable bonds is 7. The van der Waals surface area contributed by atoms with E-state index in [1.807, 2.05) is 31.2 Å². The van der Waals surface area contributed by atoms with E-state index >= 15 is 0 Å². The molecule has 7 nitrogen and oxygen atoms in total. The predicted molar refractivity (Wildman–Crippen MR) is 110 cm³/mol. The van der Waals surface area contributed by atoms with Crippen LogP contribution in [0.1, 0.15) is 46.0 Å². The normalized spacial score (nSPS) is 16.6. The minimum Gasteiger partial charge on any atom is -0.494 e. The van der Waals surface area contributed by atoms with E-state index in [-0.39, 0.29) is 5.91 Å². The zero-order chi connectivity index (χ0) is 20.9. The summed E-state index contributed by atoms with van der Waals surface area (Å²) in [6, 6.07) is 9.80. The van der Waals surface area contributed by atoms with Gasteiger partial charge in [0.1, 0.15) is 11.3 Å². The molecular weight excluding hydrogens is 388 g/mol. The van der Waals surface area contributed by atoms with Gasteiger partial charge in [0.05, 0.1) is 17.9 Å². The van der Waals surface area contributed by atoms with Crippen LogP contribution >= 0.6 is 11.8 Å². The van der Waals surface area contributed by atoms with Crippen molar-refractivity contribution in [2.24, 2.45) is 0 Å². The van der Waals surface area contributed by atoms with Crippen LogP contribution in [0.2, 0.25) is 0 Å². The molecule has 0 saturated heterocycles. The summed E-state index contributed by atoms with van der Waals surface area (Å²) in [6.07, 6.45) is 4.52. The maximum Gasteiger partial charge on any atom is 0.277 e. The van der Waals surface area contributed by atoms with Crippen LogP contribution in [0.3, 0.4) is 0 Å². The average molecular weight is 415 g/mol. The molecule has 3 rings (SSSR count). The monoisotopic (exact) mass is 414 g/mol. The Morgan fingerprint density at radius 1 is 1.31 bits per heavy atom. The highest BCUT2D eigenvalue weighted by atomic mass is 32.2. The Balaban J connectivity index is 1.65. The SMILES string of the molecule is CCOc1ccc(-c2nnc(S[C@@H](C)C(=O)N(C)C3(C#N)CCCCC3)o2)cc1. The molecule has 1 aromatic carbocycles. The van der Waals surface area contributed by atoms with Crippen LogP contribution in [0.15, 0.2) is 33.9 Å². The molecule has 0 aliphatic heterocycles. The van der Waals surface area contributed by atoms with Gasteiger partial charge < -0.3 is 14.1 Å². The van der Waals surface area contributed by atoms with E-state index in [4.69, 9.17) is 9.15 Å². The van der Waals surface area contributed by atoms with Gasteiger partial charge in [-0.3, -0.25) is 4.79 Å². The molecule has 1 fully saturated rings. The van der Waals surface area contributed by atoms with Gasteiger partial charge in [0, 0.05) is 12.6 Å². The minimum absolute atomic E-state index is 0.0979. The van der Waals surface area contributed by atoms with Gasteiger partial charge >= 0.3 is 0 Å². The second-order valence-electron chi connectivity index (χ2n) is 7.19. The highest BCUT2D eigenvalue weighted by molar-refractivity contribution is 8.00. The average Bonchev–Trinajstić information content (AvgIpc) is 3.22. The standard InChI is InChI=1S/C21H26N4O3S/c1-4-27-17-10-8-16(9-11-17)18-23-24-20(28-18)29-15(2)19(26)25(3)21(14-22)12-6-5-7-13-21/h8-11,15H,4-7,12-13H2,1-3H3/t15-/m0/s1. The first-order valence-electron chi connectivity index (χ1n) is 9.91. The second-order valence-corrected chi connectivity index (χ2v) is 8.48. The lowest BCUT2D eigenvalue weighted by Crippen LogP contribution is -2.52. The molecule has 29 heavy (non-hydrogen) atoms. The van der Waals surface area contributed by atoms with Crippen molar-refractivity contribution in [1.82, 2.24) is 15.1 Å². The molecule has 2 aromatic rings. The number of carbonyl (C=O) groups excluding carboxylic acids is 1. The maximum atomic E-state index is 12.9. The van der Waals surface area contributed by atoms with Crippen molar-refractivity contribution in [2.45, 2.75) is 62.0 Å². The smallest absolute Gasteiger partial charge is 0.277 e. The number of nitriles is 1. The van der Waals surface area contributed by atoms with Gasteiger partial charge in [-0.1, -0.05) is 31.0 Å². The Labute approximate surface area is 175 Å². The van der Waals surface area contributed by atoms with Gasteiger partial charge in [-0.2, -0.15) is 5.26 Å².